The van der Waals surface area contributed by atoms with Gasteiger partial charge in [-0.3, -0.25) is 4.98 Å². The average Bonchev–Trinajstić information content (AvgIpc) is 3.24. The summed E-state index contributed by atoms with van der Waals surface area (Å²) in [6.07, 6.45) is 5.25. The lowest BCUT2D eigenvalue weighted by molar-refractivity contribution is -0.0196. The molecule has 7 nitrogen and oxygen atoms in total. The second-order valence-corrected chi connectivity index (χ2v) is 10.3. The van der Waals surface area contributed by atoms with Gasteiger partial charge in [-0.2, -0.15) is 5.10 Å². The maximum Gasteiger partial charge on any atom is 0.410 e. The molecule has 0 radical (unpaired) electrons. The predicted molar refractivity (Wildman–Crippen MR) is 129 cm³/mol. The van der Waals surface area contributed by atoms with Crippen LogP contribution in [0.5, 0.6) is 0 Å². The number of carbonyl (C=O) groups excluding carboxylic acids is 1. The maximum absolute atomic E-state index is 13.5. The minimum atomic E-state index is -0.928. The molecule has 2 aliphatic rings. The van der Waals surface area contributed by atoms with Crippen molar-refractivity contribution in [1.82, 2.24) is 19.7 Å². The number of aliphatic hydroxyl groups excluding tert-OH is 1. The number of aromatic nitrogens is 3. The lowest BCUT2D eigenvalue weighted by Gasteiger charge is -2.48. The van der Waals surface area contributed by atoms with Gasteiger partial charge in [0.25, 0.3) is 0 Å². The fourth-order valence-electron chi connectivity index (χ4n) is 5.05. The van der Waals surface area contributed by atoms with Gasteiger partial charge in [0.1, 0.15) is 17.5 Å². The monoisotopic (exact) mass is 476 g/mol. The van der Waals surface area contributed by atoms with E-state index in [1.54, 1.807) is 40.2 Å². The van der Waals surface area contributed by atoms with E-state index in [0.29, 0.717) is 31.6 Å². The van der Waals surface area contributed by atoms with Crippen LogP contribution in [0.3, 0.4) is 0 Å². The highest BCUT2D eigenvalue weighted by molar-refractivity contribution is 5.70. The van der Waals surface area contributed by atoms with Crippen molar-refractivity contribution >= 4 is 12.2 Å². The van der Waals surface area contributed by atoms with Gasteiger partial charge in [0, 0.05) is 24.7 Å². The summed E-state index contributed by atoms with van der Waals surface area (Å²) in [5.41, 5.74) is 2.81. The van der Waals surface area contributed by atoms with E-state index in [1.807, 2.05) is 32.9 Å². The number of likely N-dealkylation sites (tertiary alicyclic amines) is 1. The summed E-state index contributed by atoms with van der Waals surface area (Å²) in [5.74, 6) is -0.305. The van der Waals surface area contributed by atoms with E-state index in [2.05, 4.69) is 16.2 Å². The summed E-state index contributed by atoms with van der Waals surface area (Å²) >= 11 is 0. The van der Waals surface area contributed by atoms with Gasteiger partial charge in [0.2, 0.25) is 0 Å². The van der Waals surface area contributed by atoms with Gasteiger partial charge in [-0.25, -0.2) is 13.9 Å². The molecule has 8 heteroatoms. The van der Waals surface area contributed by atoms with E-state index >= 15 is 0 Å². The van der Waals surface area contributed by atoms with Crippen LogP contribution in [0.15, 0.2) is 60.4 Å². The third-order valence-electron chi connectivity index (χ3n) is 6.68. The summed E-state index contributed by atoms with van der Waals surface area (Å²) in [6.45, 7) is 6.31. The summed E-state index contributed by atoms with van der Waals surface area (Å²) in [7, 11) is 0. The second kappa shape index (κ2) is 8.61. The van der Waals surface area contributed by atoms with Crippen molar-refractivity contribution in [2.75, 3.05) is 13.1 Å². The number of nitrogens with zero attached hydrogens (tertiary/aromatic N) is 4. The standard InChI is InChI=1S/C27H29FN4O3/c1-26(2,3)35-25(34)31-13-11-19-14-23-18(16-30-32(23)21-9-7-20(28)8-10-21)15-27(19,17-31)24(33)22-6-4-5-12-29-22/h4-10,12,14,16,24,33H,11,13,15,17H2,1-3H3/t24-,27-/m0/s1. The summed E-state index contributed by atoms with van der Waals surface area (Å²) < 4.78 is 20.9. The van der Waals surface area contributed by atoms with Gasteiger partial charge in [0.15, 0.2) is 0 Å². The van der Waals surface area contributed by atoms with Crippen LogP contribution in [0.1, 0.15) is 50.2 Å². The number of hydrogen-bond donors (Lipinski definition) is 1. The molecule has 0 unspecified atom stereocenters. The van der Waals surface area contributed by atoms with Crippen molar-refractivity contribution in [3.05, 3.63) is 83.2 Å². The number of aliphatic hydroxyl groups is 1. The molecule has 0 saturated carbocycles. The molecular weight excluding hydrogens is 447 g/mol. The molecule has 1 saturated heterocycles. The first-order chi connectivity index (χ1) is 16.7. The number of pyridine rings is 1. The molecule has 5 rings (SSSR count). The van der Waals surface area contributed by atoms with Crippen LogP contribution in [0.25, 0.3) is 11.8 Å². The molecule has 0 bridgehead atoms. The normalized spacial score (nSPS) is 20.5. The van der Waals surface area contributed by atoms with Gasteiger partial charge < -0.3 is 14.7 Å². The number of hydrogen-bond acceptors (Lipinski definition) is 5. The average molecular weight is 477 g/mol. The summed E-state index contributed by atoms with van der Waals surface area (Å²) in [6, 6.07) is 11.7. The maximum atomic E-state index is 13.5. The second-order valence-electron chi connectivity index (χ2n) is 10.3. The predicted octanol–water partition coefficient (Wildman–Crippen LogP) is 4.71. The van der Waals surface area contributed by atoms with E-state index < -0.39 is 23.2 Å². The Morgan fingerprint density at radius 1 is 1.20 bits per heavy atom. The van der Waals surface area contributed by atoms with Crippen molar-refractivity contribution in [2.45, 2.75) is 45.3 Å². The number of piperidine rings is 1. The Bertz CT molecular complexity index is 1260. The third-order valence-corrected chi connectivity index (χ3v) is 6.68. The molecule has 2 aromatic heterocycles. The van der Waals surface area contributed by atoms with E-state index in [0.717, 1.165) is 22.5 Å². The molecule has 182 valence electrons. The first-order valence-corrected chi connectivity index (χ1v) is 11.8. The van der Waals surface area contributed by atoms with Crippen LogP contribution < -0.4 is 0 Å². The summed E-state index contributed by atoms with van der Waals surface area (Å²) in [5, 5.41) is 16.3. The SMILES string of the molecule is CC(C)(C)OC(=O)N1CCC2=Cc3c(cnn3-c3ccc(F)cc3)C[C@]2([C@@H](O)c2ccccn2)C1. The van der Waals surface area contributed by atoms with Crippen LogP contribution in [-0.2, 0) is 11.2 Å². The molecule has 2 atom stereocenters. The van der Waals surface area contributed by atoms with Crippen molar-refractivity contribution in [3.63, 3.8) is 0 Å². The van der Waals surface area contributed by atoms with Gasteiger partial charge in [-0.1, -0.05) is 11.6 Å². The Labute approximate surface area is 203 Å². The number of amides is 1. The lowest BCUT2D eigenvalue weighted by Crippen LogP contribution is -2.53. The number of halogens is 1. The molecule has 1 amide bonds. The van der Waals surface area contributed by atoms with Gasteiger partial charge in [0.05, 0.1) is 23.3 Å². The van der Waals surface area contributed by atoms with Crippen molar-refractivity contribution < 1.29 is 19.0 Å². The smallest absolute Gasteiger partial charge is 0.410 e. The van der Waals surface area contributed by atoms with Crippen LogP contribution in [-0.4, -0.2) is 49.6 Å². The minimum absolute atomic E-state index is 0.298. The lowest BCUT2D eigenvalue weighted by atomic mass is 9.64. The van der Waals surface area contributed by atoms with Gasteiger partial charge >= 0.3 is 6.09 Å². The molecule has 1 N–H and O–H groups in total. The molecule has 0 spiro atoms. The molecule has 1 aliphatic heterocycles. The van der Waals surface area contributed by atoms with E-state index in [1.165, 1.54) is 12.1 Å². The van der Waals surface area contributed by atoms with E-state index in [4.69, 9.17) is 4.74 Å². The molecule has 1 aromatic carbocycles. The number of rotatable bonds is 3. The Morgan fingerprint density at radius 3 is 2.66 bits per heavy atom. The Balaban J connectivity index is 1.56. The molecule has 3 aromatic rings. The number of ether oxygens (including phenoxy) is 1. The topological polar surface area (TPSA) is 80.5 Å². The molecule has 3 heterocycles. The highest BCUT2D eigenvalue weighted by atomic mass is 19.1. The largest absolute Gasteiger partial charge is 0.444 e. The van der Waals surface area contributed by atoms with Gasteiger partial charge in [-0.05, 0) is 81.7 Å². The Morgan fingerprint density at radius 2 is 1.97 bits per heavy atom. The molecular formula is C27H29FN4O3. The number of benzene rings is 1. The minimum Gasteiger partial charge on any atom is -0.444 e. The zero-order valence-electron chi connectivity index (χ0n) is 20.1. The Hall–Kier alpha value is -3.52. The van der Waals surface area contributed by atoms with Gasteiger partial charge in [-0.15, -0.1) is 0 Å². The number of fused-ring (bicyclic) bond motifs is 2. The van der Waals surface area contributed by atoms with Crippen molar-refractivity contribution in [2.24, 2.45) is 5.41 Å². The third kappa shape index (κ3) is 4.34. The first-order valence-electron chi connectivity index (χ1n) is 11.8. The molecule has 1 aliphatic carbocycles. The van der Waals surface area contributed by atoms with Crippen LogP contribution in [0.2, 0.25) is 0 Å². The molecule has 1 fully saturated rings. The van der Waals surface area contributed by atoms with Crippen LogP contribution in [0, 0.1) is 11.2 Å². The fourth-order valence-corrected chi connectivity index (χ4v) is 5.05. The van der Waals surface area contributed by atoms with Crippen LogP contribution in [0.4, 0.5) is 9.18 Å². The van der Waals surface area contributed by atoms with E-state index in [9.17, 15) is 14.3 Å². The Kier molecular flexibility index (Phi) is 5.71. The number of carbonyl (C=O) groups is 1. The quantitative estimate of drug-likeness (QED) is 0.592. The fraction of sp³-hybridized carbons (Fsp3) is 0.370. The molecule has 35 heavy (non-hydrogen) atoms. The zero-order chi connectivity index (χ0) is 24.8. The first kappa shape index (κ1) is 23.2. The van der Waals surface area contributed by atoms with Crippen LogP contribution >= 0.6 is 0 Å². The highest BCUT2D eigenvalue weighted by Crippen LogP contribution is 2.51. The van der Waals surface area contributed by atoms with Crippen molar-refractivity contribution in [1.29, 1.82) is 0 Å². The van der Waals surface area contributed by atoms with Crippen molar-refractivity contribution in [3.8, 4) is 5.69 Å². The summed E-state index contributed by atoms with van der Waals surface area (Å²) in [4.78, 5) is 19.1. The zero-order valence-corrected chi connectivity index (χ0v) is 20.1. The van der Waals surface area contributed by atoms with E-state index in [-0.39, 0.29) is 5.82 Å². The highest BCUT2D eigenvalue weighted by Gasteiger charge is 2.50.